The van der Waals surface area contributed by atoms with Crippen molar-refractivity contribution < 1.29 is 0 Å². The highest BCUT2D eigenvalue weighted by molar-refractivity contribution is 9.10. The Kier molecular flexibility index (Phi) is 6.53. The maximum Gasteiger partial charge on any atom is 0.0360 e. The molecule has 2 nitrogen and oxygen atoms in total. The van der Waals surface area contributed by atoms with Gasteiger partial charge in [0.05, 0.1) is 0 Å². The molecule has 0 saturated carbocycles. The first-order valence-electron chi connectivity index (χ1n) is 7.93. The molecule has 20 heavy (non-hydrogen) atoms. The highest BCUT2D eigenvalue weighted by atomic mass is 79.9. The third kappa shape index (κ3) is 4.31. The molecule has 1 fully saturated rings. The molecule has 3 heteroatoms. The molecular formula is C17H27BrN2. The number of nitrogens with one attached hydrogen (secondary N) is 1. The van der Waals surface area contributed by atoms with Crippen LogP contribution in [0.15, 0.2) is 22.7 Å². The molecule has 1 atom stereocenters. The number of benzene rings is 1. The summed E-state index contributed by atoms with van der Waals surface area (Å²) in [4.78, 5) is 2.65. The lowest BCUT2D eigenvalue weighted by Gasteiger charge is -2.36. The van der Waals surface area contributed by atoms with Crippen molar-refractivity contribution >= 4 is 15.9 Å². The van der Waals surface area contributed by atoms with E-state index >= 15 is 0 Å². The van der Waals surface area contributed by atoms with Crippen LogP contribution in [0.25, 0.3) is 0 Å². The van der Waals surface area contributed by atoms with Crippen LogP contribution in [0, 0.1) is 6.92 Å². The zero-order valence-corrected chi connectivity index (χ0v) is 14.4. The van der Waals surface area contributed by atoms with Gasteiger partial charge in [-0.05, 0) is 30.5 Å². The lowest BCUT2D eigenvalue weighted by molar-refractivity contribution is 0.162. The van der Waals surface area contributed by atoms with E-state index in [9.17, 15) is 0 Å². The van der Waals surface area contributed by atoms with Crippen LogP contribution in [0.3, 0.4) is 0 Å². The van der Waals surface area contributed by atoms with Crippen LogP contribution in [0.5, 0.6) is 0 Å². The molecule has 0 radical (unpaired) electrons. The van der Waals surface area contributed by atoms with Gasteiger partial charge in [-0.15, -0.1) is 0 Å². The smallest absolute Gasteiger partial charge is 0.0360 e. The monoisotopic (exact) mass is 338 g/mol. The van der Waals surface area contributed by atoms with E-state index in [1.165, 1.54) is 41.3 Å². The van der Waals surface area contributed by atoms with Gasteiger partial charge in [-0.3, -0.25) is 4.90 Å². The Balaban J connectivity index is 2.15. The molecule has 1 saturated heterocycles. The minimum absolute atomic E-state index is 0.568. The lowest BCUT2D eigenvalue weighted by Crippen LogP contribution is -2.45. The van der Waals surface area contributed by atoms with Crippen molar-refractivity contribution in [3.8, 4) is 0 Å². The number of piperazine rings is 1. The molecule has 0 aliphatic carbocycles. The standard InChI is InChI=1S/C17H27BrN2/c1-3-4-5-6-17(20-11-9-19-10-12-20)15-8-7-14(2)13-16(15)18/h7-8,13,17,19H,3-6,9-12H2,1-2H3/t17-/m1/s1. The van der Waals surface area contributed by atoms with Crippen LogP contribution >= 0.6 is 15.9 Å². The van der Waals surface area contributed by atoms with Crippen LogP contribution in [0.1, 0.15) is 49.8 Å². The van der Waals surface area contributed by atoms with Crippen LogP contribution < -0.4 is 5.32 Å². The first-order chi connectivity index (χ1) is 9.72. The average molecular weight is 339 g/mol. The van der Waals surface area contributed by atoms with E-state index in [1.54, 1.807) is 0 Å². The number of aryl methyl sites for hydroxylation is 1. The van der Waals surface area contributed by atoms with E-state index in [2.05, 4.69) is 58.2 Å². The van der Waals surface area contributed by atoms with Gasteiger partial charge in [-0.25, -0.2) is 0 Å². The summed E-state index contributed by atoms with van der Waals surface area (Å²) < 4.78 is 1.28. The van der Waals surface area contributed by atoms with E-state index in [0.717, 1.165) is 26.2 Å². The number of unbranched alkanes of at least 4 members (excludes halogenated alkanes) is 2. The molecule has 0 aromatic heterocycles. The van der Waals surface area contributed by atoms with Gasteiger partial charge in [0.2, 0.25) is 0 Å². The second kappa shape index (κ2) is 8.16. The van der Waals surface area contributed by atoms with E-state index < -0.39 is 0 Å². The van der Waals surface area contributed by atoms with Crippen molar-refractivity contribution in [3.05, 3.63) is 33.8 Å². The molecule has 1 aromatic carbocycles. The summed E-state index contributed by atoms with van der Waals surface area (Å²) >= 11 is 3.78. The number of hydrogen-bond donors (Lipinski definition) is 1. The summed E-state index contributed by atoms with van der Waals surface area (Å²) in [5.74, 6) is 0. The van der Waals surface area contributed by atoms with Crippen molar-refractivity contribution in [1.82, 2.24) is 10.2 Å². The molecule has 1 N–H and O–H groups in total. The van der Waals surface area contributed by atoms with Crippen molar-refractivity contribution in [1.29, 1.82) is 0 Å². The van der Waals surface area contributed by atoms with Crippen LogP contribution in [-0.4, -0.2) is 31.1 Å². The second-order valence-electron chi connectivity index (χ2n) is 5.82. The summed E-state index contributed by atoms with van der Waals surface area (Å²) in [6, 6.07) is 7.39. The molecule has 112 valence electrons. The van der Waals surface area contributed by atoms with E-state index in [-0.39, 0.29) is 0 Å². The van der Waals surface area contributed by atoms with E-state index in [0.29, 0.717) is 6.04 Å². The van der Waals surface area contributed by atoms with Gasteiger partial charge in [0.25, 0.3) is 0 Å². The Morgan fingerprint density at radius 2 is 2.00 bits per heavy atom. The summed E-state index contributed by atoms with van der Waals surface area (Å²) in [6.07, 6.45) is 5.23. The molecule has 2 rings (SSSR count). The number of nitrogens with zero attached hydrogens (tertiary/aromatic N) is 1. The molecular weight excluding hydrogens is 312 g/mol. The van der Waals surface area contributed by atoms with Crippen molar-refractivity contribution in [2.75, 3.05) is 26.2 Å². The Bertz CT molecular complexity index is 413. The quantitative estimate of drug-likeness (QED) is 0.778. The molecule has 1 heterocycles. The predicted octanol–water partition coefficient (Wildman–Crippen LogP) is 4.28. The van der Waals surface area contributed by atoms with Gasteiger partial charge in [0, 0.05) is 36.7 Å². The fourth-order valence-corrected chi connectivity index (χ4v) is 3.78. The number of hydrogen-bond acceptors (Lipinski definition) is 2. The van der Waals surface area contributed by atoms with E-state index in [4.69, 9.17) is 0 Å². The molecule has 0 amide bonds. The summed E-state index contributed by atoms with van der Waals surface area (Å²) in [6.45, 7) is 9.00. The van der Waals surface area contributed by atoms with Gasteiger partial charge >= 0.3 is 0 Å². The normalized spacial score (nSPS) is 18.1. The first kappa shape index (κ1) is 16.0. The molecule has 0 bridgehead atoms. The number of rotatable bonds is 6. The summed E-state index contributed by atoms with van der Waals surface area (Å²) in [5.41, 5.74) is 2.79. The van der Waals surface area contributed by atoms with Crippen molar-refractivity contribution in [2.24, 2.45) is 0 Å². The lowest BCUT2D eigenvalue weighted by atomic mass is 9.97. The maximum atomic E-state index is 3.78. The fourth-order valence-electron chi connectivity index (χ4n) is 3.02. The Hall–Kier alpha value is -0.380. The first-order valence-corrected chi connectivity index (χ1v) is 8.72. The SMILES string of the molecule is CCCCC[C@H](c1ccc(C)cc1Br)N1CCNCC1. The topological polar surface area (TPSA) is 15.3 Å². The molecule has 1 aromatic rings. The largest absolute Gasteiger partial charge is 0.314 e. The van der Waals surface area contributed by atoms with Gasteiger partial charge in [0.1, 0.15) is 0 Å². The highest BCUT2D eigenvalue weighted by Crippen LogP contribution is 2.32. The fraction of sp³-hybridized carbons (Fsp3) is 0.647. The zero-order valence-electron chi connectivity index (χ0n) is 12.8. The van der Waals surface area contributed by atoms with Crippen LogP contribution in [0.4, 0.5) is 0 Å². The van der Waals surface area contributed by atoms with Gasteiger partial charge in [-0.1, -0.05) is 54.2 Å². The van der Waals surface area contributed by atoms with E-state index in [1.807, 2.05) is 0 Å². The molecule has 0 spiro atoms. The third-order valence-corrected chi connectivity index (χ3v) is 4.88. The Labute approximate surface area is 132 Å². The minimum Gasteiger partial charge on any atom is -0.314 e. The van der Waals surface area contributed by atoms with Crippen molar-refractivity contribution in [2.45, 2.75) is 45.6 Å². The number of halogens is 1. The highest BCUT2D eigenvalue weighted by Gasteiger charge is 2.23. The summed E-state index contributed by atoms with van der Waals surface area (Å²) in [7, 11) is 0. The van der Waals surface area contributed by atoms with Gasteiger partial charge < -0.3 is 5.32 Å². The average Bonchev–Trinajstić information content (AvgIpc) is 2.46. The molecule has 0 unspecified atom stereocenters. The Morgan fingerprint density at radius 3 is 2.65 bits per heavy atom. The molecule has 1 aliphatic rings. The predicted molar refractivity (Wildman–Crippen MR) is 90.2 cm³/mol. The molecule has 1 aliphatic heterocycles. The van der Waals surface area contributed by atoms with Crippen LogP contribution in [0.2, 0.25) is 0 Å². The van der Waals surface area contributed by atoms with Gasteiger partial charge in [-0.2, -0.15) is 0 Å². The zero-order chi connectivity index (χ0) is 14.4. The third-order valence-electron chi connectivity index (χ3n) is 4.19. The maximum absolute atomic E-state index is 3.78. The van der Waals surface area contributed by atoms with Crippen LogP contribution in [-0.2, 0) is 0 Å². The van der Waals surface area contributed by atoms with Crippen molar-refractivity contribution in [3.63, 3.8) is 0 Å². The second-order valence-corrected chi connectivity index (χ2v) is 6.68. The summed E-state index contributed by atoms with van der Waals surface area (Å²) in [5, 5.41) is 3.46. The van der Waals surface area contributed by atoms with Gasteiger partial charge in [0.15, 0.2) is 0 Å². The Morgan fingerprint density at radius 1 is 1.25 bits per heavy atom. The minimum atomic E-state index is 0.568.